The van der Waals surface area contributed by atoms with Crippen LogP contribution in [-0.4, -0.2) is 4.98 Å². The second-order valence-electron chi connectivity index (χ2n) is 4.78. The molecule has 0 saturated heterocycles. The van der Waals surface area contributed by atoms with E-state index in [4.69, 9.17) is 0 Å². The Morgan fingerprint density at radius 3 is 2.30 bits per heavy atom. The van der Waals surface area contributed by atoms with E-state index in [1.807, 2.05) is 13.8 Å². The average Bonchev–Trinajstić information content (AvgIpc) is 2.32. The van der Waals surface area contributed by atoms with E-state index in [0.717, 1.165) is 23.3 Å². The third-order valence-electron chi connectivity index (χ3n) is 3.10. The van der Waals surface area contributed by atoms with Gasteiger partial charge in [0, 0.05) is 18.3 Å². The first-order chi connectivity index (χ1) is 9.25. The van der Waals surface area contributed by atoms with Crippen LogP contribution in [0.15, 0.2) is 30.5 Å². The average molecular weight is 283 g/mol. The highest BCUT2D eigenvalue weighted by Crippen LogP contribution is 2.30. The standard InChI is InChI=1S/C15H13F4N/c1-9-3-14(20-8-10(9)2)6-11-4-12(15(17,18)19)7-13(16)5-11/h3-5,7-8H,6H2,1-2H3. The molecule has 1 nitrogen and oxygen atoms in total. The Bertz CT molecular complexity index is 632. The molecule has 20 heavy (non-hydrogen) atoms. The molecular formula is C15H13F4N. The van der Waals surface area contributed by atoms with Gasteiger partial charge in [-0.3, -0.25) is 4.98 Å². The predicted octanol–water partition coefficient (Wildman–Crippen LogP) is 4.45. The number of nitrogens with zero attached hydrogens (tertiary/aromatic N) is 1. The van der Waals surface area contributed by atoms with Crippen LogP contribution in [0, 0.1) is 19.7 Å². The minimum absolute atomic E-state index is 0.169. The molecule has 0 aliphatic rings. The van der Waals surface area contributed by atoms with Gasteiger partial charge in [-0.25, -0.2) is 4.39 Å². The summed E-state index contributed by atoms with van der Waals surface area (Å²) in [5, 5.41) is 0. The largest absolute Gasteiger partial charge is 0.416 e. The van der Waals surface area contributed by atoms with Crippen LogP contribution in [0.2, 0.25) is 0 Å². The zero-order chi connectivity index (χ0) is 14.9. The molecule has 0 radical (unpaired) electrons. The molecule has 1 heterocycles. The van der Waals surface area contributed by atoms with Gasteiger partial charge in [0.05, 0.1) is 5.56 Å². The van der Waals surface area contributed by atoms with Crippen molar-refractivity contribution < 1.29 is 17.6 Å². The molecule has 0 atom stereocenters. The lowest BCUT2D eigenvalue weighted by Gasteiger charge is -2.10. The van der Waals surface area contributed by atoms with Crippen molar-refractivity contribution in [2.45, 2.75) is 26.4 Å². The summed E-state index contributed by atoms with van der Waals surface area (Å²) in [4.78, 5) is 4.15. The van der Waals surface area contributed by atoms with Crippen molar-refractivity contribution in [1.82, 2.24) is 4.98 Å². The highest BCUT2D eigenvalue weighted by Gasteiger charge is 2.31. The molecule has 0 aliphatic heterocycles. The van der Waals surface area contributed by atoms with Crippen molar-refractivity contribution in [3.8, 4) is 0 Å². The van der Waals surface area contributed by atoms with E-state index in [2.05, 4.69) is 4.98 Å². The first-order valence-corrected chi connectivity index (χ1v) is 6.04. The van der Waals surface area contributed by atoms with E-state index < -0.39 is 17.6 Å². The summed E-state index contributed by atoms with van der Waals surface area (Å²) >= 11 is 0. The van der Waals surface area contributed by atoms with Crippen molar-refractivity contribution in [2.24, 2.45) is 0 Å². The second-order valence-corrected chi connectivity index (χ2v) is 4.78. The van der Waals surface area contributed by atoms with Crippen molar-refractivity contribution in [1.29, 1.82) is 0 Å². The smallest absolute Gasteiger partial charge is 0.261 e. The summed E-state index contributed by atoms with van der Waals surface area (Å²) in [6.07, 6.45) is -2.72. The first-order valence-electron chi connectivity index (χ1n) is 6.04. The topological polar surface area (TPSA) is 12.9 Å². The molecule has 106 valence electrons. The Kier molecular flexibility index (Phi) is 3.79. The Labute approximate surface area is 114 Å². The summed E-state index contributed by atoms with van der Waals surface area (Å²) in [6, 6.07) is 4.36. The fraction of sp³-hybridized carbons (Fsp3) is 0.267. The van der Waals surface area contributed by atoms with Gasteiger partial charge in [0.25, 0.3) is 0 Å². The van der Waals surface area contributed by atoms with Crippen molar-refractivity contribution in [3.63, 3.8) is 0 Å². The van der Waals surface area contributed by atoms with Gasteiger partial charge in [-0.15, -0.1) is 0 Å². The zero-order valence-corrected chi connectivity index (χ0v) is 11.1. The molecule has 0 aliphatic carbocycles. The number of aryl methyl sites for hydroxylation is 2. The molecule has 1 aromatic heterocycles. The van der Waals surface area contributed by atoms with Crippen LogP contribution < -0.4 is 0 Å². The molecule has 0 amide bonds. The highest BCUT2D eigenvalue weighted by atomic mass is 19.4. The number of halogens is 4. The maximum Gasteiger partial charge on any atom is 0.416 e. The van der Waals surface area contributed by atoms with Crippen LogP contribution in [-0.2, 0) is 12.6 Å². The Hall–Kier alpha value is -1.91. The van der Waals surface area contributed by atoms with E-state index in [1.165, 1.54) is 0 Å². The summed E-state index contributed by atoms with van der Waals surface area (Å²) in [5.74, 6) is -0.890. The maximum atomic E-state index is 13.3. The van der Waals surface area contributed by atoms with Gasteiger partial charge in [0.15, 0.2) is 0 Å². The summed E-state index contributed by atoms with van der Waals surface area (Å²) in [7, 11) is 0. The lowest BCUT2D eigenvalue weighted by Crippen LogP contribution is -2.07. The molecule has 1 aromatic carbocycles. The van der Waals surface area contributed by atoms with Gasteiger partial charge in [0.1, 0.15) is 5.82 Å². The number of rotatable bonds is 2. The lowest BCUT2D eigenvalue weighted by atomic mass is 10.0. The van der Waals surface area contributed by atoms with Crippen LogP contribution in [0.3, 0.4) is 0 Å². The number of hydrogen-bond acceptors (Lipinski definition) is 1. The molecular weight excluding hydrogens is 270 g/mol. The van der Waals surface area contributed by atoms with Crippen LogP contribution in [0.25, 0.3) is 0 Å². The maximum absolute atomic E-state index is 13.3. The van der Waals surface area contributed by atoms with Crippen molar-refractivity contribution in [3.05, 3.63) is 64.2 Å². The summed E-state index contributed by atoms with van der Waals surface area (Å²) in [6.45, 7) is 3.79. The number of pyridine rings is 1. The number of aromatic nitrogens is 1. The fourth-order valence-electron chi connectivity index (χ4n) is 1.90. The van der Waals surface area contributed by atoms with Crippen LogP contribution in [0.1, 0.15) is 27.9 Å². The van der Waals surface area contributed by atoms with E-state index in [9.17, 15) is 17.6 Å². The van der Waals surface area contributed by atoms with E-state index in [1.54, 1.807) is 12.3 Å². The van der Waals surface area contributed by atoms with Gasteiger partial charge in [-0.1, -0.05) is 0 Å². The number of alkyl halides is 3. The SMILES string of the molecule is Cc1cnc(Cc2cc(F)cc(C(F)(F)F)c2)cc1C. The van der Waals surface area contributed by atoms with Gasteiger partial charge in [-0.2, -0.15) is 13.2 Å². The van der Waals surface area contributed by atoms with Crippen molar-refractivity contribution >= 4 is 0 Å². The molecule has 0 N–H and O–H groups in total. The molecule has 2 aromatic rings. The highest BCUT2D eigenvalue weighted by molar-refractivity contribution is 5.32. The Morgan fingerprint density at radius 1 is 1.00 bits per heavy atom. The number of benzene rings is 1. The molecule has 0 saturated carbocycles. The zero-order valence-electron chi connectivity index (χ0n) is 11.1. The molecule has 2 rings (SSSR count). The predicted molar refractivity (Wildman–Crippen MR) is 67.9 cm³/mol. The minimum atomic E-state index is -4.55. The van der Waals surface area contributed by atoms with Crippen LogP contribution >= 0.6 is 0 Å². The molecule has 0 spiro atoms. The van der Waals surface area contributed by atoms with Gasteiger partial charge in [-0.05, 0) is 54.8 Å². The van der Waals surface area contributed by atoms with E-state index in [0.29, 0.717) is 11.8 Å². The molecule has 0 unspecified atom stereocenters. The summed E-state index contributed by atoms with van der Waals surface area (Å²) < 4.78 is 51.1. The van der Waals surface area contributed by atoms with Gasteiger partial charge < -0.3 is 0 Å². The summed E-state index contributed by atoms with van der Waals surface area (Å²) in [5.41, 5.74) is 1.91. The molecule has 5 heteroatoms. The minimum Gasteiger partial charge on any atom is -0.261 e. The normalized spacial score (nSPS) is 11.7. The van der Waals surface area contributed by atoms with Gasteiger partial charge in [0.2, 0.25) is 0 Å². The van der Waals surface area contributed by atoms with Crippen LogP contribution in [0.4, 0.5) is 17.6 Å². The van der Waals surface area contributed by atoms with E-state index in [-0.39, 0.29) is 12.0 Å². The van der Waals surface area contributed by atoms with Crippen molar-refractivity contribution in [2.75, 3.05) is 0 Å². The first kappa shape index (κ1) is 14.5. The fourth-order valence-corrected chi connectivity index (χ4v) is 1.90. The Balaban J connectivity index is 2.33. The van der Waals surface area contributed by atoms with E-state index >= 15 is 0 Å². The third kappa shape index (κ3) is 3.35. The monoisotopic (exact) mass is 283 g/mol. The number of hydrogen-bond donors (Lipinski definition) is 0. The lowest BCUT2D eigenvalue weighted by molar-refractivity contribution is -0.137. The molecule has 0 bridgehead atoms. The quantitative estimate of drug-likeness (QED) is 0.742. The third-order valence-corrected chi connectivity index (χ3v) is 3.10. The second kappa shape index (κ2) is 5.23. The Morgan fingerprint density at radius 2 is 1.70 bits per heavy atom. The van der Waals surface area contributed by atoms with Crippen LogP contribution in [0.5, 0.6) is 0 Å². The van der Waals surface area contributed by atoms with Gasteiger partial charge >= 0.3 is 6.18 Å². The molecule has 0 fully saturated rings.